The maximum Gasteiger partial charge on any atom is -0.0297 e. The molecule has 2 aliphatic rings. The normalized spacial score (nSPS) is 20.7. The van der Waals surface area contributed by atoms with Gasteiger partial charge in [0, 0.05) is 0 Å². The van der Waals surface area contributed by atoms with Crippen molar-refractivity contribution in [3.8, 4) is 0 Å². The standard InChI is InChI=1S/C5H8.2C3H8/c1-2-5(1)3-4-5;2*1-3-2/h1-4H2;2*3H2,1-2H3. The topological polar surface area (TPSA) is 0 Å². The molecule has 0 N–H and O–H groups in total. The lowest BCUT2D eigenvalue weighted by Crippen LogP contribution is -1.51. The highest BCUT2D eigenvalue weighted by atomic mass is 14.6. The van der Waals surface area contributed by atoms with Crippen LogP contribution in [0.5, 0.6) is 0 Å². The summed E-state index contributed by atoms with van der Waals surface area (Å²) in [6.07, 6.45) is 8.75. The van der Waals surface area contributed by atoms with Crippen LogP contribution in [0.25, 0.3) is 0 Å². The summed E-state index contributed by atoms with van der Waals surface area (Å²) in [5, 5.41) is 0. The first kappa shape index (κ1) is 11.0. The lowest BCUT2D eigenvalue weighted by molar-refractivity contribution is 0.898. The van der Waals surface area contributed by atoms with E-state index in [1.165, 1.54) is 12.8 Å². The summed E-state index contributed by atoms with van der Waals surface area (Å²) in [6.45, 7) is 8.50. The molecule has 2 fully saturated rings. The van der Waals surface area contributed by atoms with Gasteiger partial charge in [0.25, 0.3) is 0 Å². The molecule has 0 bridgehead atoms. The zero-order valence-corrected chi connectivity index (χ0v) is 8.74. The highest BCUT2D eigenvalue weighted by molar-refractivity contribution is 5.04. The largest absolute Gasteiger partial charge is 0.0656 e. The molecule has 1 spiro atoms. The summed E-state index contributed by atoms with van der Waals surface area (Å²) in [5.74, 6) is 0. The van der Waals surface area contributed by atoms with Gasteiger partial charge in [-0.15, -0.1) is 0 Å². The second-order valence-electron chi connectivity index (χ2n) is 3.91. The molecule has 11 heavy (non-hydrogen) atoms. The Balaban J connectivity index is 0.000000150. The van der Waals surface area contributed by atoms with E-state index in [-0.39, 0.29) is 0 Å². The zero-order valence-electron chi connectivity index (χ0n) is 8.74. The van der Waals surface area contributed by atoms with Gasteiger partial charge in [0.1, 0.15) is 0 Å². The van der Waals surface area contributed by atoms with Crippen molar-refractivity contribution in [1.29, 1.82) is 0 Å². The van der Waals surface area contributed by atoms with Crippen LogP contribution in [0.4, 0.5) is 0 Å². The molecule has 0 unspecified atom stereocenters. The Kier molecular flexibility index (Phi) is 5.62. The summed E-state index contributed by atoms with van der Waals surface area (Å²) in [5.41, 5.74) is 1.00. The van der Waals surface area contributed by atoms with Gasteiger partial charge in [-0.25, -0.2) is 0 Å². The van der Waals surface area contributed by atoms with Crippen molar-refractivity contribution in [2.45, 2.75) is 66.2 Å². The van der Waals surface area contributed by atoms with Crippen molar-refractivity contribution >= 4 is 0 Å². The van der Waals surface area contributed by atoms with Crippen LogP contribution in [0.3, 0.4) is 0 Å². The van der Waals surface area contributed by atoms with Crippen LogP contribution in [-0.2, 0) is 0 Å². The third-order valence-electron chi connectivity index (χ3n) is 1.91. The van der Waals surface area contributed by atoms with E-state index in [9.17, 15) is 0 Å². The Morgan fingerprint density at radius 2 is 0.909 bits per heavy atom. The minimum atomic E-state index is 1.00. The summed E-state index contributed by atoms with van der Waals surface area (Å²) in [6, 6.07) is 0. The van der Waals surface area contributed by atoms with E-state index < -0.39 is 0 Å². The molecule has 2 aliphatic carbocycles. The van der Waals surface area contributed by atoms with Gasteiger partial charge in [0.2, 0.25) is 0 Å². The molecule has 0 aromatic heterocycles. The van der Waals surface area contributed by atoms with Crippen molar-refractivity contribution < 1.29 is 0 Å². The minimum Gasteiger partial charge on any atom is -0.0656 e. The second-order valence-corrected chi connectivity index (χ2v) is 3.91. The predicted octanol–water partition coefficient (Wildman–Crippen LogP) is 4.39. The van der Waals surface area contributed by atoms with Crippen LogP contribution >= 0.6 is 0 Å². The Labute approximate surface area is 72.4 Å². The van der Waals surface area contributed by atoms with Gasteiger partial charge < -0.3 is 0 Å². The van der Waals surface area contributed by atoms with Crippen LogP contribution in [0.2, 0.25) is 0 Å². The van der Waals surface area contributed by atoms with Crippen molar-refractivity contribution in [2.24, 2.45) is 5.41 Å². The third-order valence-corrected chi connectivity index (χ3v) is 1.91. The number of hydrogen-bond donors (Lipinski definition) is 0. The quantitative estimate of drug-likeness (QED) is 0.488. The fourth-order valence-corrected chi connectivity index (χ4v) is 0.854. The summed E-state index contributed by atoms with van der Waals surface area (Å²) < 4.78 is 0. The third kappa shape index (κ3) is 6.40. The van der Waals surface area contributed by atoms with E-state index in [2.05, 4.69) is 27.7 Å². The van der Waals surface area contributed by atoms with Crippen molar-refractivity contribution in [3.05, 3.63) is 0 Å². The van der Waals surface area contributed by atoms with E-state index in [0.717, 1.165) is 5.41 Å². The van der Waals surface area contributed by atoms with E-state index in [4.69, 9.17) is 0 Å². The predicted molar refractivity (Wildman–Crippen MR) is 52.8 cm³/mol. The molecule has 0 atom stereocenters. The molecule has 2 rings (SSSR count). The lowest BCUT2D eigenvalue weighted by atomic mass is 10.5. The molecular weight excluding hydrogens is 132 g/mol. The molecule has 0 aliphatic heterocycles. The van der Waals surface area contributed by atoms with E-state index in [1.54, 1.807) is 25.7 Å². The molecule has 2 saturated carbocycles. The van der Waals surface area contributed by atoms with Gasteiger partial charge in [-0.1, -0.05) is 40.5 Å². The van der Waals surface area contributed by atoms with E-state index >= 15 is 0 Å². The number of rotatable bonds is 0. The Hall–Kier alpha value is 0. The SMILES string of the molecule is C1CC12CC2.CCC.CCC. The van der Waals surface area contributed by atoms with Crippen LogP contribution < -0.4 is 0 Å². The van der Waals surface area contributed by atoms with Crippen LogP contribution in [0.15, 0.2) is 0 Å². The van der Waals surface area contributed by atoms with Crippen molar-refractivity contribution in [3.63, 3.8) is 0 Å². The van der Waals surface area contributed by atoms with Gasteiger partial charge in [0.05, 0.1) is 0 Å². The van der Waals surface area contributed by atoms with Gasteiger partial charge in [-0.3, -0.25) is 0 Å². The Morgan fingerprint density at radius 1 is 0.727 bits per heavy atom. The maximum absolute atomic E-state index is 2.12. The molecule has 68 valence electrons. The first-order chi connectivity index (χ1) is 5.24. The minimum absolute atomic E-state index is 1.00. The van der Waals surface area contributed by atoms with Gasteiger partial charge in [-0.05, 0) is 31.1 Å². The summed E-state index contributed by atoms with van der Waals surface area (Å²) in [4.78, 5) is 0. The summed E-state index contributed by atoms with van der Waals surface area (Å²) >= 11 is 0. The zero-order chi connectivity index (χ0) is 8.74. The first-order valence-electron chi connectivity index (χ1n) is 5.24. The second kappa shape index (κ2) is 5.62. The molecule has 0 saturated heterocycles. The lowest BCUT2D eigenvalue weighted by Gasteiger charge is -1.60. The molecular formula is C11H24. The molecule has 0 aromatic rings. The van der Waals surface area contributed by atoms with Crippen LogP contribution in [-0.4, -0.2) is 0 Å². The van der Waals surface area contributed by atoms with Crippen molar-refractivity contribution in [1.82, 2.24) is 0 Å². The molecule has 0 aromatic carbocycles. The van der Waals surface area contributed by atoms with Crippen molar-refractivity contribution in [2.75, 3.05) is 0 Å². The smallest absolute Gasteiger partial charge is 0.0297 e. The average Bonchev–Trinajstić information content (AvgIpc) is 2.80. The molecule has 0 radical (unpaired) electrons. The fourth-order valence-electron chi connectivity index (χ4n) is 0.854. The highest BCUT2D eigenvalue weighted by Gasteiger charge is 2.52. The molecule has 0 heterocycles. The highest BCUT2D eigenvalue weighted by Crippen LogP contribution is 2.65. The van der Waals surface area contributed by atoms with Gasteiger partial charge in [0.15, 0.2) is 0 Å². The van der Waals surface area contributed by atoms with E-state index in [0.29, 0.717) is 0 Å². The van der Waals surface area contributed by atoms with Gasteiger partial charge >= 0.3 is 0 Å². The monoisotopic (exact) mass is 156 g/mol. The first-order valence-corrected chi connectivity index (χ1v) is 5.24. The molecule has 0 heteroatoms. The van der Waals surface area contributed by atoms with Gasteiger partial charge in [-0.2, -0.15) is 0 Å². The van der Waals surface area contributed by atoms with Crippen LogP contribution in [0, 0.1) is 5.41 Å². The molecule has 0 amide bonds. The fraction of sp³-hybridized carbons (Fsp3) is 1.00. The Bertz CT molecular complexity index is 60.5. The maximum atomic E-state index is 2.12. The summed E-state index contributed by atoms with van der Waals surface area (Å²) in [7, 11) is 0. The Morgan fingerprint density at radius 3 is 0.909 bits per heavy atom. The van der Waals surface area contributed by atoms with E-state index in [1.807, 2.05) is 0 Å². The average molecular weight is 156 g/mol. The molecule has 0 nitrogen and oxygen atoms in total. The number of hydrogen-bond acceptors (Lipinski definition) is 0. The van der Waals surface area contributed by atoms with Crippen LogP contribution in [0.1, 0.15) is 66.2 Å².